The Balaban J connectivity index is 2.11. The number of nitrogens with zero attached hydrogens (tertiary/aromatic N) is 1. The second kappa shape index (κ2) is 8.45. The van der Waals surface area contributed by atoms with Crippen LogP contribution in [-0.2, 0) is 4.79 Å². The SMILES string of the molecule is CNC(C)(C)CNC(=O)CCSSc1ccccn1. The van der Waals surface area contributed by atoms with Gasteiger partial charge in [-0.3, -0.25) is 4.79 Å². The van der Waals surface area contributed by atoms with E-state index in [0.717, 1.165) is 10.8 Å². The van der Waals surface area contributed by atoms with Crippen LogP contribution in [0.15, 0.2) is 29.4 Å². The van der Waals surface area contributed by atoms with Gasteiger partial charge in [-0.05, 0) is 43.8 Å². The van der Waals surface area contributed by atoms with E-state index < -0.39 is 0 Å². The van der Waals surface area contributed by atoms with Gasteiger partial charge in [0.2, 0.25) is 5.91 Å². The summed E-state index contributed by atoms with van der Waals surface area (Å²) in [6, 6.07) is 5.82. The van der Waals surface area contributed by atoms with Gasteiger partial charge in [-0.25, -0.2) is 4.98 Å². The molecular weight excluding hydrogens is 278 g/mol. The average molecular weight is 299 g/mol. The molecule has 0 atom stereocenters. The van der Waals surface area contributed by atoms with Crippen molar-refractivity contribution in [3.05, 3.63) is 24.4 Å². The first-order valence-corrected chi connectivity index (χ1v) is 8.51. The zero-order valence-electron chi connectivity index (χ0n) is 11.6. The molecule has 0 aliphatic heterocycles. The van der Waals surface area contributed by atoms with E-state index in [4.69, 9.17) is 0 Å². The van der Waals surface area contributed by atoms with E-state index in [1.807, 2.05) is 25.2 Å². The highest BCUT2D eigenvalue weighted by Gasteiger charge is 2.15. The lowest BCUT2D eigenvalue weighted by Gasteiger charge is -2.24. The van der Waals surface area contributed by atoms with Gasteiger partial charge in [-0.1, -0.05) is 16.9 Å². The van der Waals surface area contributed by atoms with E-state index in [1.165, 1.54) is 0 Å². The van der Waals surface area contributed by atoms with Crippen LogP contribution in [0.2, 0.25) is 0 Å². The highest BCUT2D eigenvalue weighted by Crippen LogP contribution is 2.29. The molecule has 1 amide bonds. The first-order chi connectivity index (χ1) is 9.03. The van der Waals surface area contributed by atoms with Crippen molar-refractivity contribution in [1.82, 2.24) is 15.6 Å². The topological polar surface area (TPSA) is 54.0 Å². The molecule has 0 radical (unpaired) electrons. The Hall–Kier alpha value is -0.720. The molecule has 0 aromatic carbocycles. The van der Waals surface area contributed by atoms with Crippen molar-refractivity contribution >= 4 is 27.5 Å². The number of hydrogen-bond acceptors (Lipinski definition) is 5. The number of nitrogens with one attached hydrogen (secondary N) is 2. The van der Waals surface area contributed by atoms with E-state index >= 15 is 0 Å². The summed E-state index contributed by atoms with van der Waals surface area (Å²) in [5, 5.41) is 7.06. The Kier molecular flexibility index (Phi) is 7.27. The first-order valence-electron chi connectivity index (χ1n) is 6.19. The maximum atomic E-state index is 11.6. The Morgan fingerprint density at radius 1 is 1.42 bits per heavy atom. The van der Waals surface area contributed by atoms with Crippen LogP contribution in [0.1, 0.15) is 20.3 Å². The number of carbonyl (C=O) groups excluding carboxylic acids is 1. The molecule has 0 unspecified atom stereocenters. The van der Waals surface area contributed by atoms with E-state index in [-0.39, 0.29) is 11.4 Å². The van der Waals surface area contributed by atoms with Gasteiger partial charge in [0, 0.05) is 30.5 Å². The lowest BCUT2D eigenvalue weighted by molar-refractivity contribution is -0.120. The fraction of sp³-hybridized carbons (Fsp3) is 0.538. The van der Waals surface area contributed by atoms with Gasteiger partial charge < -0.3 is 10.6 Å². The molecule has 0 aliphatic carbocycles. The normalized spacial score (nSPS) is 11.3. The fourth-order valence-corrected chi connectivity index (χ4v) is 3.00. The molecule has 1 rings (SSSR count). The van der Waals surface area contributed by atoms with E-state index in [2.05, 4.69) is 29.5 Å². The molecule has 4 nitrogen and oxygen atoms in total. The summed E-state index contributed by atoms with van der Waals surface area (Å²) < 4.78 is 0. The molecule has 0 fully saturated rings. The molecule has 6 heteroatoms. The van der Waals surface area contributed by atoms with E-state index in [0.29, 0.717) is 13.0 Å². The van der Waals surface area contributed by atoms with Crippen molar-refractivity contribution in [3.63, 3.8) is 0 Å². The Labute approximate surface area is 122 Å². The lowest BCUT2D eigenvalue weighted by Crippen LogP contribution is -2.47. The first kappa shape index (κ1) is 16.3. The molecule has 1 heterocycles. The Bertz CT molecular complexity index is 385. The number of pyridine rings is 1. The van der Waals surface area contributed by atoms with Crippen LogP contribution < -0.4 is 10.6 Å². The number of hydrogen-bond donors (Lipinski definition) is 2. The minimum absolute atomic E-state index is 0.0640. The van der Waals surface area contributed by atoms with Crippen LogP contribution in [0.3, 0.4) is 0 Å². The molecular formula is C13H21N3OS2. The molecule has 0 saturated carbocycles. The van der Waals surface area contributed by atoms with Crippen LogP contribution in [0.25, 0.3) is 0 Å². The van der Waals surface area contributed by atoms with Gasteiger partial charge in [-0.2, -0.15) is 0 Å². The van der Waals surface area contributed by atoms with Gasteiger partial charge in [0.25, 0.3) is 0 Å². The van der Waals surface area contributed by atoms with Gasteiger partial charge in [0.05, 0.1) is 0 Å². The van der Waals surface area contributed by atoms with Gasteiger partial charge in [0.1, 0.15) is 5.03 Å². The average Bonchev–Trinajstić information content (AvgIpc) is 2.43. The number of carbonyl (C=O) groups is 1. The second-order valence-electron chi connectivity index (χ2n) is 4.73. The summed E-state index contributed by atoms with van der Waals surface area (Å²) in [6.07, 6.45) is 2.31. The monoisotopic (exact) mass is 299 g/mol. The molecule has 106 valence electrons. The Morgan fingerprint density at radius 3 is 2.84 bits per heavy atom. The minimum Gasteiger partial charge on any atom is -0.354 e. The standard InChI is InChI=1S/C13H21N3OS2/c1-13(2,14-3)10-16-11(17)7-9-18-19-12-6-4-5-8-15-12/h4-6,8,14H,7,9-10H2,1-3H3,(H,16,17). The van der Waals surface area contributed by atoms with Gasteiger partial charge in [0.15, 0.2) is 0 Å². The van der Waals surface area contributed by atoms with Crippen molar-refractivity contribution in [3.8, 4) is 0 Å². The van der Waals surface area contributed by atoms with Crippen LogP contribution >= 0.6 is 21.6 Å². The van der Waals surface area contributed by atoms with Crippen LogP contribution in [0, 0.1) is 0 Å². The van der Waals surface area contributed by atoms with Crippen molar-refractivity contribution in [1.29, 1.82) is 0 Å². The third-order valence-electron chi connectivity index (χ3n) is 2.60. The van der Waals surface area contributed by atoms with Crippen molar-refractivity contribution in [2.45, 2.75) is 30.8 Å². The summed E-state index contributed by atoms with van der Waals surface area (Å²) in [7, 11) is 5.15. The number of rotatable bonds is 8. The van der Waals surface area contributed by atoms with Crippen LogP contribution in [-0.4, -0.2) is 35.8 Å². The maximum absolute atomic E-state index is 11.6. The highest BCUT2D eigenvalue weighted by molar-refractivity contribution is 8.76. The molecule has 19 heavy (non-hydrogen) atoms. The zero-order chi connectivity index (χ0) is 14.1. The summed E-state index contributed by atoms with van der Waals surface area (Å²) in [4.78, 5) is 15.8. The third-order valence-corrected chi connectivity index (χ3v) is 4.87. The van der Waals surface area contributed by atoms with Crippen molar-refractivity contribution in [2.24, 2.45) is 0 Å². The van der Waals surface area contributed by atoms with Crippen LogP contribution in [0.5, 0.6) is 0 Å². The van der Waals surface area contributed by atoms with Crippen LogP contribution in [0.4, 0.5) is 0 Å². The van der Waals surface area contributed by atoms with Crippen molar-refractivity contribution in [2.75, 3.05) is 19.3 Å². The summed E-state index contributed by atoms with van der Waals surface area (Å²) in [5.74, 6) is 0.880. The number of amides is 1. The smallest absolute Gasteiger partial charge is 0.220 e. The minimum atomic E-state index is -0.0640. The lowest BCUT2D eigenvalue weighted by atomic mass is 10.1. The summed E-state index contributed by atoms with van der Waals surface area (Å²) in [5.41, 5.74) is -0.0640. The largest absolute Gasteiger partial charge is 0.354 e. The molecule has 0 saturated heterocycles. The molecule has 1 aromatic rings. The summed E-state index contributed by atoms with van der Waals surface area (Å²) in [6.45, 7) is 4.75. The molecule has 0 spiro atoms. The van der Waals surface area contributed by atoms with Crippen molar-refractivity contribution < 1.29 is 4.79 Å². The molecule has 2 N–H and O–H groups in total. The highest BCUT2D eigenvalue weighted by atomic mass is 33.1. The van der Waals surface area contributed by atoms with Gasteiger partial charge >= 0.3 is 0 Å². The fourth-order valence-electron chi connectivity index (χ4n) is 1.13. The maximum Gasteiger partial charge on any atom is 0.220 e. The number of likely N-dealkylation sites (N-methyl/N-ethyl adjacent to an activating group) is 1. The van der Waals surface area contributed by atoms with E-state index in [1.54, 1.807) is 27.8 Å². The molecule has 0 aliphatic rings. The third kappa shape index (κ3) is 7.44. The predicted molar refractivity (Wildman–Crippen MR) is 83.3 cm³/mol. The van der Waals surface area contributed by atoms with Gasteiger partial charge in [-0.15, -0.1) is 0 Å². The van der Waals surface area contributed by atoms with E-state index in [9.17, 15) is 4.79 Å². The Morgan fingerprint density at radius 2 is 2.21 bits per heavy atom. The molecule has 1 aromatic heterocycles. The quantitative estimate of drug-likeness (QED) is 0.570. The second-order valence-corrected chi connectivity index (χ2v) is 7.17. The summed E-state index contributed by atoms with van der Waals surface area (Å²) >= 11 is 0. The number of aromatic nitrogens is 1. The molecule has 0 bridgehead atoms. The predicted octanol–water partition coefficient (Wildman–Crippen LogP) is 2.33. The zero-order valence-corrected chi connectivity index (χ0v) is 13.2.